The lowest BCUT2D eigenvalue weighted by molar-refractivity contribution is 0.125. The van der Waals surface area contributed by atoms with Gasteiger partial charge in [-0.25, -0.2) is 9.18 Å². The van der Waals surface area contributed by atoms with Crippen molar-refractivity contribution in [3.63, 3.8) is 0 Å². The monoisotopic (exact) mass is 343 g/mol. The van der Waals surface area contributed by atoms with Gasteiger partial charge in [0, 0.05) is 31.4 Å². The van der Waals surface area contributed by atoms with E-state index in [2.05, 4.69) is 15.5 Å². The van der Waals surface area contributed by atoms with Gasteiger partial charge in [-0.05, 0) is 36.2 Å². The first kappa shape index (κ1) is 17.4. The zero-order chi connectivity index (χ0) is 17.6. The summed E-state index contributed by atoms with van der Waals surface area (Å²) >= 11 is 0. The highest BCUT2D eigenvalue weighted by atomic mass is 19.1. The molecule has 1 aliphatic rings. The average molecular weight is 343 g/mol. The van der Waals surface area contributed by atoms with E-state index in [0.29, 0.717) is 18.8 Å². The minimum Gasteiger partial charge on any atom is -0.387 e. The van der Waals surface area contributed by atoms with Gasteiger partial charge in [0.15, 0.2) is 0 Å². The van der Waals surface area contributed by atoms with Gasteiger partial charge in [-0.15, -0.1) is 0 Å². The number of rotatable bonds is 5. The molecule has 2 aromatic rings. The summed E-state index contributed by atoms with van der Waals surface area (Å²) in [4.78, 5) is 14.2. The van der Waals surface area contributed by atoms with E-state index < -0.39 is 6.10 Å². The van der Waals surface area contributed by atoms with Crippen LogP contribution >= 0.6 is 0 Å². The first-order valence-corrected chi connectivity index (χ1v) is 8.38. The van der Waals surface area contributed by atoms with Gasteiger partial charge < -0.3 is 15.7 Å². The Balaban J connectivity index is 1.44. The highest BCUT2D eigenvalue weighted by Gasteiger charge is 2.25. The maximum Gasteiger partial charge on any atom is 0.319 e. The summed E-state index contributed by atoms with van der Waals surface area (Å²) in [5.74, 6) is -0.339. The van der Waals surface area contributed by atoms with E-state index in [1.54, 1.807) is 0 Å². The van der Waals surface area contributed by atoms with E-state index in [1.807, 2.05) is 30.3 Å². The van der Waals surface area contributed by atoms with Crippen LogP contribution in [-0.2, 0) is 0 Å². The molecule has 0 spiro atoms. The van der Waals surface area contributed by atoms with Gasteiger partial charge >= 0.3 is 6.03 Å². The molecule has 0 aromatic heterocycles. The number of carbonyl (C=O) groups excluding carboxylic acids is 1. The molecule has 25 heavy (non-hydrogen) atoms. The van der Waals surface area contributed by atoms with Crippen LogP contribution in [0.25, 0.3) is 0 Å². The Labute approximate surface area is 146 Å². The first-order chi connectivity index (χ1) is 12.1. The quantitative estimate of drug-likeness (QED) is 0.782. The standard InChI is InChI=1S/C19H22FN3O2/c20-15-6-8-16(9-7-15)21-19(25)22-17-10-11-23(12-17)13-18(24)14-4-2-1-3-5-14/h1-9,17-18,24H,10-13H2,(H2,21,22,25)/t17-,18+/m0/s1. The molecule has 0 radical (unpaired) electrons. The van der Waals surface area contributed by atoms with Gasteiger partial charge in [0.25, 0.3) is 0 Å². The summed E-state index contributed by atoms with van der Waals surface area (Å²) in [6.45, 7) is 2.06. The molecule has 2 atom stereocenters. The van der Waals surface area contributed by atoms with Crippen molar-refractivity contribution >= 4 is 11.7 Å². The third-order valence-corrected chi connectivity index (χ3v) is 4.33. The summed E-state index contributed by atoms with van der Waals surface area (Å²) in [6, 6.07) is 14.9. The molecule has 3 N–H and O–H groups in total. The van der Waals surface area contributed by atoms with Gasteiger partial charge in [-0.2, -0.15) is 0 Å². The van der Waals surface area contributed by atoms with E-state index in [4.69, 9.17) is 0 Å². The predicted octanol–water partition coefficient (Wildman–Crippen LogP) is 2.76. The SMILES string of the molecule is O=C(Nc1ccc(F)cc1)N[C@H]1CCN(C[C@@H](O)c2ccccc2)C1. The second-order valence-electron chi connectivity index (χ2n) is 6.28. The normalized spacial score (nSPS) is 18.7. The van der Waals surface area contributed by atoms with Crippen LogP contribution in [0.2, 0.25) is 0 Å². The van der Waals surface area contributed by atoms with Crippen molar-refractivity contribution in [2.24, 2.45) is 0 Å². The molecule has 0 aliphatic carbocycles. The Hall–Kier alpha value is -2.44. The van der Waals surface area contributed by atoms with E-state index in [1.165, 1.54) is 24.3 Å². The predicted molar refractivity (Wildman–Crippen MR) is 94.8 cm³/mol. The number of urea groups is 1. The maximum atomic E-state index is 12.9. The Morgan fingerprint density at radius 3 is 2.64 bits per heavy atom. The van der Waals surface area contributed by atoms with Crippen molar-refractivity contribution in [1.29, 1.82) is 0 Å². The van der Waals surface area contributed by atoms with Crippen LogP contribution in [0.1, 0.15) is 18.1 Å². The molecule has 132 valence electrons. The number of benzene rings is 2. The van der Waals surface area contributed by atoms with Crippen LogP contribution in [0.5, 0.6) is 0 Å². The van der Waals surface area contributed by atoms with Crippen LogP contribution in [-0.4, -0.2) is 41.7 Å². The molecule has 3 rings (SSSR count). The topological polar surface area (TPSA) is 64.6 Å². The minimum atomic E-state index is -0.534. The number of carbonyl (C=O) groups is 1. The lowest BCUT2D eigenvalue weighted by atomic mass is 10.1. The summed E-state index contributed by atoms with van der Waals surface area (Å²) < 4.78 is 12.9. The Bertz CT molecular complexity index is 694. The number of aliphatic hydroxyl groups excluding tert-OH is 1. The average Bonchev–Trinajstić information content (AvgIpc) is 3.04. The van der Waals surface area contributed by atoms with E-state index in [0.717, 1.165) is 18.5 Å². The van der Waals surface area contributed by atoms with Crippen LogP contribution in [0.3, 0.4) is 0 Å². The smallest absolute Gasteiger partial charge is 0.319 e. The molecule has 2 aromatic carbocycles. The molecule has 0 unspecified atom stereocenters. The van der Waals surface area contributed by atoms with Crippen LogP contribution in [0.4, 0.5) is 14.9 Å². The summed E-state index contributed by atoms with van der Waals surface area (Å²) in [7, 11) is 0. The van der Waals surface area contributed by atoms with Crippen molar-refractivity contribution in [3.05, 3.63) is 66.0 Å². The Morgan fingerprint density at radius 1 is 1.20 bits per heavy atom. The van der Waals surface area contributed by atoms with Crippen molar-refractivity contribution in [2.75, 3.05) is 25.0 Å². The Kier molecular flexibility index (Phi) is 5.63. The third kappa shape index (κ3) is 5.01. The fourth-order valence-electron chi connectivity index (χ4n) is 3.03. The lowest BCUT2D eigenvalue weighted by Gasteiger charge is -2.20. The highest BCUT2D eigenvalue weighted by molar-refractivity contribution is 5.89. The molecule has 0 bridgehead atoms. The summed E-state index contributed by atoms with van der Waals surface area (Å²) in [5.41, 5.74) is 1.45. The molecule has 5 nitrogen and oxygen atoms in total. The number of hydrogen-bond acceptors (Lipinski definition) is 3. The number of likely N-dealkylation sites (tertiary alicyclic amines) is 1. The number of β-amino-alcohol motifs (C(OH)–C–C–N with tert-alkyl or cyclic N) is 1. The molecule has 6 heteroatoms. The number of halogens is 1. The van der Waals surface area contributed by atoms with Gasteiger partial charge in [0.1, 0.15) is 5.82 Å². The number of nitrogens with zero attached hydrogens (tertiary/aromatic N) is 1. The van der Waals surface area contributed by atoms with E-state index in [-0.39, 0.29) is 17.9 Å². The van der Waals surface area contributed by atoms with Gasteiger partial charge in [-0.1, -0.05) is 30.3 Å². The summed E-state index contributed by atoms with van der Waals surface area (Å²) in [6.07, 6.45) is 0.297. The minimum absolute atomic E-state index is 0.0309. The number of anilines is 1. The summed E-state index contributed by atoms with van der Waals surface area (Å²) in [5, 5.41) is 15.9. The fraction of sp³-hybridized carbons (Fsp3) is 0.316. The largest absolute Gasteiger partial charge is 0.387 e. The highest BCUT2D eigenvalue weighted by Crippen LogP contribution is 2.17. The lowest BCUT2D eigenvalue weighted by Crippen LogP contribution is -2.40. The third-order valence-electron chi connectivity index (χ3n) is 4.33. The first-order valence-electron chi connectivity index (χ1n) is 8.38. The molecule has 1 heterocycles. The second-order valence-corrected chi connectivity index (χ2v) is 6.28. The van der Waals surface area contributed by atoms with E-state index >= 15 is 0 Å². The number of amides is 2. The van der Waals surface area contributed by atoms with Crippen molar-refractivity contribution in [1.82, 2.24) is 10.2 Å². The molecular formula is C19H22FN3O2. The van der Waals surface area contributed by atoms with Crippen LogP contribution in [0, 0.1) is 5.82 Å². The van der Waals surface area contributed by atoms with Gasteiger partial charge in [-0.3, -0.25) is 4.90 Å². The number of aliphatic hydroxyl groups is 1. The maximum absolute atomic E-state index is 12.9. The van der Waals surface area contributed by atoms with Crippen LogP contribution in [0.15, 0.2) is 54.6 Å². The van der Waals surface area contributed by atoms with Crippen molar-refractivity contribution in [2.45, 2.75) is 18.6 Å². The Morgan fingerprint density at radius 2 is 1.92 bits per heavy atom. The number of nitrogens with one attached hydrogen (secondary N) is 2. The molecule has 1 aliphatic heterocycles. The van der Waals surface area contributed by atoms with Crippen LogP contribution < -0.4 is 10.6 Å². The molecule has 1 saturated heterocycles. The van der Waals surface area contributed by atoms with Gasteiger partial charge in [0.05, 0.1) is 6.10 Å². The second kappa shape index (κ2) is 8.09. The molecule has 0 saturated carbocycles. The molecular weight excluding hydrogens is 321 g/mol. The molecule has 2 amide bonds. The van der Waals surface area contributed by atoms with Crippen molar-refractivity contribution in [3.8, 4) is 0 Å². The fourth-order valence-corrected chi connectivity index (χ4v) is 3.03. The number of hydrogen-bond donors (Lipinski definition) is 3. The van der Waals surface area contributed by atoms with E-state index in [9.17, 15) is 14.3 Å². The zero-order valence-electron chi connectivity index (χ0n) is 13.9. The molecule has 1 fully saturated rings. The van der Waals surface area contributed by atoms with Crippen molar-refractivity contribution < 1.29 is 14.3 Å². The zero-order valence-corrected chi connectivity index (χ0v) is 13.9. The van der Waals surface area contributed by atoms with Gasteiger partial charge in [0.2, 0.25) is 0 Å².